The third-order valence-electron chi connectivity index (χ3n) is 3.93. The first-order chi connectivity index (χ1) is 10.4. The van der Waals surface area contributed by atoms with Crippen molar-refractivity contribution in [2.75, 3.05) is 6.61 Å². The van der Waals surface area contributed by atoms with Gasteiger partial charge < -0.3 is 10.4 Å². The second-order valence-corrected chi connectivity index (χ2v) is 6.13. The molecule has 0 bridgehead atoms. The molecule has 0 fully saturated rings. The van der Waals surface area contributed by atoms with Crippen LogP contribution in [0.1, 0.15) is 26.3 Å². The van der Waals surface area contributed by atoms with Gasteiger partial charge >= 0.3 is 0 Å². The van der Waals surface area contributed by atoms with Gasteiger partial charge in [-0.1, -0.05) is 54.6 Å². The fourth-order valence-corrected chi connectivity index (χ4v) is 2.29. The summed E-state index contributed by atoms with van der Waals surface area (Å²) in [4.78, 5) is 12.4. The number of benzene rings is 2. The highest BCUT2D eigenvalue weighted by atomic mass is 16.3. The largest absolute Gasteiger partial charge is 0.394 e. The number of nitrogens with one attached hydrogen (secondary N) is 1. The van der Waals surface area contributed by atoms with Crippen LogP contribution in [-0.4, -0.2) is 23.7 Å². The maximum absolute atomic E-state index is 12.4. The van der Waals surface area contributed by atoms with E-state index in [9.17, 15) is 4.79 Å². The van der Waals surface area contributed by atoms with Crippen molar-refractivity contribution in [1.82, 2.24) is 5.32 Å². The van der Waals surface area contributed by atoms with Crippen LogP contribution < -0.4 is 5.32 Å². The molecule has 0 radical (unpaired) electrons. The van der Waals surface area contributed by atoms with Crippen molar-refractivity contribution in [2.45, 2.75) is 32.2 Å². The molecule has 2 rings (SSSR count). The Hall–Kier alpha value is -2.13. The van der Waals surface area contributed by atoms with E-state index in [0.29, 0.717) is 0 Å². The molecule has 3 nitrogen and oxygen atoms in total. The quantitative estimate of drug-likeness (QED) is 0.891. The summed E-state index contributed by atoms with van der Waals surface area (Å²) in [5.74, 6) is -0.0819. The summed E-state index contributed by atoms with van der Waals surface area (Å²) in [6.45, 7) is 5.51. The summed E-state index contributed by atoms with van der Waals surface area (Å²) in [6, 6.07) is 18.0. The van der Waals surface area contributed by atoms with E-state index in [1.54, 1.807) is 6.92 Å². The normalized spacial score (nSPS) is 12.7. The number of aliphatic hydroxyl groups is 1. The fourth-order valence-electron chi connectivity index (χ4n) is 2.29. The van der Waals surface area contributed by atoms with Crippen molar-refractivity contribution in [3.05, 3.63) is 60.2 Å². The topological polar surface area (TPSA) is 49.3 Å². The van der Waals surface area contributed by atoms with Gasteiger partial charge in [0.2, 0.25) is 5.91 Å². The lowest BCUT2D eigenvalue weighted by atomic mass is 9.83. The summed E-state index contributed by atoms with van der Waals surface area (Å²) >= 11 is 0. The van der Waals surface area contributed by atoms with E-state index in [0.717, 1.165) is 16.7 Å². The minimum absolute atomic E-state index is 0.0607. The maximum Gasteiger partial charge on any atom is 0.230 e. The average Bonchev–Trinajstić information content (AvgIpc) is 2.55. The van der Waals surface area contributed by atoms with Gasteiger partial charge in [-0.25, -0.2) is 0 Å². The number of amides is 1. The summed E-state index contributed by atoms with van der Waals surface area (Å²) in [7, 11) is 0. The molecule has 0 aromatic heterocycles. The fraction of sp³-hybridized carbons (Fsp3) is 0.316. The van der Waals surface area contributed by atoms with Crippen LogP contribution in [0.3, 0.4) is 0 Å². The minimum atomic E-state index is -0.640. The molecule has 116 valence electrons. The van der Waals surface area contributed by atoms with Gasteiger partial charge in [-0.3, -0.25) is 4.79 Å². The molecule has 0 aliphatic carbocycles. The van der Waals surface area contributed by atoms with Crippen LogP contribution in [0.4, 0.5) is 0 Å². The molecule has 2 aromatic carbocycles. The van der Waals surface area contributed by atoms with Gasteiger partial charge in [0.05, 0.1) is 12.0 Å². The molecule has 1 amide bonds. The predicted molar refractivity (Wildman–Crippen MR) is 89.6 cm³/mol. The van der Waals surface area contributed by atoms with Crippen LogP contribution in [0.25, 0.3) is 11.1 Å². The van der Waals surface area contributed by atoms with Gasteiger partial charge in [0.25, 0.3) is 0 Å². The molecule has 2 N–H and O–H groups in total. The highest BCUT2D eigenvalue weighted by Crippen LogP contribution is 2.27. The van der Waals surface area contributed by atoms with Gasteiger partial charge in [-0.2, -0.15) is 0 Å². The average molecular weight is 297 g/mol. The minimum Gasteiger partial charge on any atom is -0.394 e. The molecule has 1 atom stereocenters. The second kappa shape index (κ2) is 6.75. The van der Waals surface area contributed by atoms with Crippen molar-refractivity contribution in [2.24, 2.45) is 0 Å². The van der Waals surface area contributed by atoms with E-state index in [2.05, 4.69) is 17.4 Å². The Morgan fingerprint density at radius 1 is 1.05 bits per heavy atom. The van der Waals surface area contributed by atoms with Crippen molar-refractivity contribution in [1.29, 1.82) is 0 Å². The zero-order valence-electron chi connectivity index (χ0n) is 13.3. The number of carbonyl (C=O) groups excluding carboxylic acids is 1. The molecule has 0 aliphatic rings. The lowest BCUT2D eigenvalue weighted by Crippen LogP contribution is -2.45. The highest BCUT2D eigenvalue weighted by Gasteiger charge is 2.30. The van der Waals surface area contributed by atoms with Crippen LogP contribution in [0.15, 0.2) is 54.6 Å². The number of rotatable bonds is 5. The van der Waals surface area contributed by atoms with Crippen LogP contribution >= 0.6 is 0 Å². The van der Waals surface area contributed by atoms with E-state index in [1.807, 2.05) is 56.3 Å². The molecule has 0 aliphatic heterocycles. The lowest BCUT2D eigenvalue weighted by Gasteiger charge is -2.26. The summed E-state index contributed by atoms with van der Waals surface area (Å²) in [5, 5.41) is 11.9. The Balaban J connectivity index is 2.20. The zero-order valence-corrected chi connectivity index (χ0v) is 13.3. The Kier molecular flexibility index (Phi) is 4.99. The molecule has 3 heteroatoms. The first kappa shape index (κ1) is 16.2. The monoisotopic (exact) mass is 297 g/mol. The van der Waals surface area contributed by atoms with Gasteiger partial charge in [-0.05, 0) is 37.5 Å². The highest BCUT2D eigenvalue weighted by molar-refractivity contribution is 5.87. The van der Waals surface area contributed by atoms with Crippen LogP contribution in [-0.2, 0) is 10.2 Å². The number of carbonyl (C=O) groups is 1. The van der Waals surface area contributed by atoms with Crippen molar-refractivity contribution >= 4 is 5.91 Å². The van der Waals surface area contributed by atoms with Crippen molar-refractivity contribution in [3.8, 4) is 11.1 Å². The number of hydrogen-bond acceptors (Lipinski definition) is 2. The summed E-state index contributed by atoms with van der Waals surface area (Å²) in [6.07, 6.45) is 0. The van der Waals surface area contributed by atoms with E-state index in [4.69, 9.17) is 5.11 Å². The van der Waals surface area contributed by atoms with Gasteiger partial charge in [0.1, 0.15) is 0 Å². The van der Waals surface area contributed by atoms with Gasteiger partial charge in [-0.15, -0.1) is 0 Å². The van der Waals surface area contributed by atoms with Crippen LogP contribution in [0, 0.1) is 0 Å². The molecule has 2 aromatic rings. The van der Waals surface area contributed by atoms with Crippen LogP contribution in [0.5, 0.6) is 0 Å². The Labute approximate surface area is 132 Å². The lowest BCUT2D eigenvalue weighted by molar-refractivity contribution is -0.126. The van der Waals surface area contributed by atoms with Crippen LogP contribution in [0.2, 0.25) is 0 Å². The first-order valence-electron chi connectivity index (χ1n) is 7.53. The van der Waals surface area contributed by atoms with E-state index >= 15 is 0 Å². The second-order valence-electron chi connectivity index (χ2n) is 6.13. The molecular formula is C19H23NO2. The maximum atomic E-state index is 12.4. The number of hydrogen-bond donors (Lipinski definition) is 2. The van der Waals surface area contributed by atoms with E-state index < -0.39 is 5.41 Å². The molecule has 0 saturated carbocycles. The SMILES string of the molecule is CC(CO)NC(=O)C(C)(C)c1ccc(-c2ccccc2)cc1. The standard InChI is InChI=1S/C19H23NO2/c1-14(13-21)20-18(22)19(2,3)17-11-9-16(10-12-17)15-7-5-4-6-8-15/h4-12,14,21H,13H2,1-3H3,(H,20,22). The van der Waals surface area contributed by atoms with E-state index in [1.165, 1.54) is 0 Å². The Morgan fingerprint density at radius 3 is 2.14 bits per heavy atom. The smallest absolute Gasteiger partial charge is 0.230 e. The molecule has 22 heavy (non-hydrogen) atoms. The van der Waals surface area contributed by atoms with E-state index in [-0.39, 0.29) is 18.6 Å². The molecule has 0 saturated heterocycles. The molecular weight excluding hydrogens is 274 g/mol. The zero-order chi connectivity index (χ0) is 16.2. The third kappa shape index (κ3) is 3.55. The molecule has 0 spiro atoms. The number of aliphatic hydroxyl groups excluding tert-OH is 1. The summed E-state index contributed by atoms with van der Waals surface area (Å²) < 4.78 is 0. The van der Waals surface area contributed by atoms with Gasteiger partial charge in [0, 0.05) is 6.04 Å². The Bertz CT molecular complexity index is 618. The predicted octanol–water partition coefficient (Wildman–Crippen LogP) is 3.13. The molecule has 0 heterocycles. The first-order valence-corrected chi connectivity index (χ1v) is 7.53. The third-order valence-corrected chi connectivity index (χ3v) is 3.93. The summed E-state index contributed by atoms with van der Waals surface area (Å²) in [5.41, 5.74) is 2.60. The van der Waals surface area contributed by atoms with Crippen molar-refractivity contribution < 1.29 is 9.90 Å². The van der Waals surface area contributed by atoms with Gasteiger partial charge in [0.15, 0.2) is 0 Å². The van der Waals surface area contributed by atoms with Crippen molar-refractivity contribution in [3.63, 3.8) is 0 Å². The Morgan fingerprint density at radius 2 is 1.59 bits per heavy atom. The molecule has 1 unspecified atom stereocenters.